The van der Waals surface area contributed by atoms with Gasteiger partial charge in [0, 0.05) is 36.5 Å². The molecule has 1 aliphatic carbocycles. The van der Waals surface area contributed by atoms with Gasteiger partial charge in [0.2, 0.25) is 11.9 Å². The molecule has 1 aromatic carbocycles. The average Bonchev–Trinajstić information content (AvgIpc) is 3.41. The molecule has 1 saturated carbocycles. The second-order valence-electron chi connectivity index (χ2n) is 6.41. The number of nitrogens with one attached hydrogen (secondary N) is 2. The Labute approximate surface area is 142 Å². The van der Waals surface area contributed by atoms with Crippen LogP contribution in [0.3, 0.4) is 0 Å². The molecule has 126 valence electrons. The zero-order valence-corrected chi connectivity index (χ0v) is 14.2. The van der Waals surface area contributed by atoms with E-state index in [0.717, 1.165) is 36.9 Å². The summed E-state index contributed by atoms with van der Waals surface area (Å²) in [6.07, 6.45) is 6.59. The van der Waals surface area contributed by atoms with Crippen LogP contribution in [-0.2, 0) is 11.2 Å². The highest BCUT2D eigenvalue weighted by atomic mass is 16.2. The molecule has 1 aromatic heterocycles. The minimum absolute atomic E-state index is 0.159. The lowest BCUT2D eigenvalue weighted by molar-refractivity contribution is -0.122. The Hall–Kier alpha value is -2.43. The van der Waals surface area contributed by atoms with E-state index in [0.29, 0.717) is 5.95 Å². The van der Waals surface area contributed by atoms with Crippen molar-refractivity contribution >= 4 is 11.9 Å². The van der Waals surface area contributed by atoms with Gasteiger partial charge in [0.15, 0.2) is 0 Å². The highest BCUT2D eigenvalue weighted by Crippen LogP contribution is 2.29. The predicted molar refractivity (Wildman–Crippen MR) is 95.7 cm³/mol. The molecule has 1 aliphatic rings. The fourth-order valence-electron chi connectivity index (χ4n) is 2.67. The Morgan fingerprint density at radius 2 is 1.83 bits per heavy atom. The normalized spacial score (nSPS) is 14.9. The summed E-state index contributed by atoms with van der Waals surface area (Å²) in [4.78, 5) is 20.4. The SMILES string of the molecule is CCNc1ncc(-c2ccc(CC(C)NC(=O)C3CC3)cc2)cn1. The molecule has 3 rings (SSSR count). The molecule has 5 heteroatoms. The van der Waals surface area contributed by atoms with Gasteiger partial charge in [-0.1, -0.05) is 24.3 Å². The molecule has 1 amide bonds. The number of carbonyl (C=O) groups is 1. The number of benzene rings is 1. The molecule has 2 N–H and O–H groups in total. The molecule has 5 nitrogen and oxygen atoms in total. The zero-order valence-electron chi connectivity index (χ0n) is 14.2. The maximum Gasteiger partial charge on any atom is 0.223 e. The van der Waals surface area contributed by atoms with Crippen LogP contribution in [0.5, 0.6) is 0 Å². The third-order valence-corrected chi connectivity index (χ3v) is 4.15. The summed E-state index contributed by atoms with van der Waals surface area (Å²) < 4.78 is 0. The van der Waals surface area contributed by atoms with Crippen LogP contribution in [0.15, 0.2) is 36.7 Å². The Bertz CT molecular complexity index is 678. The fraction of sp³-hybridized carbons (Fsp3) is 0.421. The van der Waals surface area contributed by atoms with Crippen molar-refractivity contribution in [2.75, 3.05) is 11.9 Å². The first-order valence-electron chi connectivity index (χ1n) is 8.61. The number of rotatable bonds is 7. The van der Waals surface area contributed by atoms with Crippen molar-refractivity contribution in [1.29, 1.82) is 0 Å². The smallest absolute Gasteiger partial charge is 0.223 e. The lowest BCUT2D eigenvalue weighted by Gasteiger charge is -2.14. The molecule has 2 aromatic rings. The van der Waals surface area contributed by atoms with Gasteiger partial charge < -0.3 is 10.6 Å². The Morgan fingerprint density at radius 3 is 2.42 bits per heavy atom. The van der Waals surface area contributed by atoms with Crippen LogP contribution in [-0.4, -0.2) is 28.5 Å². The minimum atomic E-state index is 0.159. The first-order valence-corrected chi connectivity index (χ1v) is 8.61. The Kier molecular flexibility index (Phi) is 5.08. The van der Waals surface area contributed by atoms with Crippen LogP contribution < -0.4 is 10.6 Å². The van der Waals surface area contributed by atoms with Gasteiger partial charge >= 0.3 is 0 Å². The maximum atomic E-state index is 11.8. The highest BCUT2D eigenvalue weighted by molar-refractivity contribution is 5.81. The molecule has 1 atom stereocenters. The summed E-state index contributed by atoms with van der Waals surface area (Å²) in [6, 6.07) is 8.53. The van der Waals surface area contributed by atoms with Gasteiger partial charge in [-0.15, -0.1) is 0 Å². The molecule has 24 heavy (non-hydrogen) atoms. The summed E-state index contributed by atoms with van der Waals surface area (Å²) >= 11 is 0. The van der Waals surface area contributed by atoms with E-state index in [9.17, 15) is 4.79 Å². The maximum absolute atomic E-state index is 11.8. The molecule has 1 heterocycles. The fourth-order valence-corrected chi connectivity index (χ4v) is 2.67. The van der Waals surface area contributed by atoms with Crippen molar-refractivity contribution in [1.82, 2.24) is 15.3 Å². The average molecular weight is 324 g/mol. The van der Waals surface area contributed by atoms with Gasteiger partial charge in [-0.2, -0.15) is 0 Å². The quantitative estimate of drug-likeness (QED) is 0.821. The predicted octanol–water partition coefficient (Wildman–Crippen LogP) is 3.03. The number of anilines is 1. The van der Waals surface area contributed by atoms with Crippen LogP contribution in [0, 0.1) is 5.92 Å². The molecule has 1 unspecified atom stereocenters. The number of amides is 1. The van der Waals surface area contributed by atoms with E-state index >= 15 is 0 Å². The standard InChI is InChI=1S/C19H24N4O/c1-3-20-19-21-11-17(12-22-19)15-6-4-14(5-7-15)10-13(2)23-18(24)16-8-9-16/h4-7,11-13,16H,3,8-10H2,1-2H3,(H,23,24)(H,20,21,22). The summed E-state index contributed by atoms with van der Waals surface area (Å²) in [5.41, 5.74) is 3.31. The monoisotopic (exact) mass is 324 g/mol. The number of hydrogen-bond donors (Lipinski definition) is 2. The molecule has 0 spiro atoms. The number of carbonyl (C=O) groups excluding carboxylic acids is 1. The van der Waals surface area contributed by atoms with Crippen molar-refractivity contribution in [3.63, 3.8) is 0 Å². The molecule has 0 aliphatic heterocycles. The molecule has 0 saturated heterocycles. The Morgan fingerprint density at radius 1 is 1.17 bits per heavy atom. The van der Waals surface area contributed by atoms with Crippen molar-refractivity contribution < 1.29 is 4.79 Å². The topological polar surface area (TPSA) is 66.9 Å². The highest BCUT2D eigenvalue weighted by Gasteiger charge is 2.30. The summed E-state index contributed by atoms with van der Waals surface area (Å²) in [7, 11) is 0. The number of nitrogens with zero attached hydrogens (tertiary/aromatic N) is 2. The van der Waals surface area contributed by atoms with Gasteiger partial charge in [0.1, 0.15) is 0 Å². The minimum Gasteiger partial charge on any atom is -0.355 e. The van der Waals surface area contributed by atoms with E-state index < -0.39 is 0 Å². The van der Waals surface area contributed by atoms with E-state index in [1.807, 2.05) is 19.3 Å². The van der Waals surface area contributed by atoms with Gasteiger partial charge in [0.25, 0.3) is 0 Å². The van der Waals surface area contributed by atoms with E-state index in [1.165, 1.54) is 5.56 Å². The van der Waals surface area contributed by atoms with Gasteiger partial charge in [0.05, 0.1) is 0 Å². The lowest BCUT2D eigenvalue weighted by atomic mass is 10.0. The first-order chi connectivity index (χ1) is 11.7. The van der Waals surface area contributed by atoms with Crippen molar-refractivity contribution in [2.45, 2.75) is 39.2 Å². The van der Waals surface area contributed by atoms with E-state index in [1.54, 1.807) is 0 Å². The lowest BCUT2D eigenvalue weighted by Crippen LogP contribution is -2.35. The van der Waals surface area contributed by atoms with Crippen molar-refractivity contribution in [2.24, 2.45) is 5.92 Å². The van der Waals surface area contributed by atoms with Crippen LogP contribution in [0.1, 0.15) is 32.3 Å². The molecule has 0 radical (unpaired) electrons. The molecule has 0 bridgehead atoms. The van der Waals surface area contributed by atoms with E-state index in [2.05, 4.69) is 51.8 Å². The second kappa shape index (κ2) is 7.43. The number of hydrogen-bond acceptors (Lipinski definition) is 4. The van der Waals surface area contributed by atoms with Gasteiger partial charge in [-0.05, 0) is 44.2 Å². The van der Waals surface area contributed by atoms with Crippen LogP contribution in [0.2, 0.25) is 0 Å². The van der Waals surface area contributed by atoms with Gasteiger partial charge in [-0.25, -0.2) is 9.97 Å². The summed E-state index contributed by atoms with van der Waals surface area (Å²) in [6.45, 7) is 4.88. The van der Waals surface area contributed by atoms with Crippen molar-refractivity contribution in [3.8, 4) is 11.1 Å². The second-order valence-corrected chi connectivity index (χ2v) is 6.41. The largest absolute Gasteiger partial charge is 0.355 e. The molecular weight excluding hydrogens is 300 g/mol. The van der Waals surface area contributed by atoms with Gasteiger partial charge in [-0.3, -0.25) is 4.79 Å². The van der Waals surface area contributed by atoms with Crippen molar-refractivity contribution in [3.05, 3.63) is 42.2 Å². The molecule has 1 fully saturated rings. The third kappa shape index (κ3) is 4.31. The summed E-state index contributed by atoms with van der Waals surface area (Å²) in [5, 5.41) is 6.18. The van der Waals surface area contributed by atoms with Crippen LogP contribution >= 0.6 is 0 Å². The van der Waals surface area contributed by atoms with Crippen LogP contribution in [0.25, 0.3) is 11.1 Å². The Balaban J connectivity index is 1.59. The van der Waals surface area contributed by atoms with Crippen LogP contribution in [0.4, 0.5) is 5.95 Å². The third-order valence-electron chi connectivity index (χ3n) is 4.15. The number of aromatic nitrogens is 2. The summed E-state index contributed by atoms with van der Waals surface area (Å²) in [5.74, 6) is 1.12. The first kappa shape index (κ1) is 16.4. The van der Waals surface area contributed by atoms with E-state index in [4.69, 9.17) is 0 Å². The zero-order chi connectivity index (χ0) is 16.9. The molecular formula is C19H24N4O. The van der Waals surface area contributed by atoms with E-state index in [-0.39, 0.29) is 17.9 Å².